The lowest BCUT2D eigenvalue weighted by Crippen LogP contribution is -2.61. The summed E-state index contributed by atoms with van der Waals surface area (Å²) in [4.78, 5) is 27.9. The van der Waals surface area contributed by atoms with E-state index in [0.717, 1.165) is 32.1 Å². The molecule has 39 heavy (non-hydrogen) atoms. The van der Waals surface area contributed by atoms with Crippen LogP contribution in [0.3, 0.4) is 0 Å². The van der Waals surface area contributed by atoms with E-state index in [1.165, 1.54) is 12.1 Å². The molecular formula is C29H38F2N6O2. The minimum absolute atomic E-state index is 0.00150. The van der Waals surface area contributed by atoms with Gasteiger partial charge in [-0.15, -0.1) is 0 Å². The highest BCUT2D eigenvalue weighted by molar-refractivity contribution is 5.92. The second-order valence-corrected chi connectivity index (χ2v) is 12.6. The predicted octanol–water partition coefficient (Wildman–Crippen LogP) is 3.20. The Morgan fingerprint density at radius 1 is 1.15 bits per heavy atom. The highest BCUT2D eigenvalue weighted by atomic mass is 19.1. The number of carbonyl (C=O) groups excluding carboxylic acids is 1. The van der Waals surface area contributed by atoms with Crippen LogP contribution in [-0.2, 0) is 6.54 Å². The third kappa shape index (κ3) is 5.09. The Labute approximate surface area is 228 Å². The molecule has 210 valence electrons. The molecule has 1 aliphatic heterocycles. The van der Waals surface area contributed by atoms with Crippen molar-refractivity contribution >= 4 is 17.5 Å². The van der Waals surface area contributed by atoms with Crippen molar-refractivity contribution in [1.29, 1.82) is 0 Å². The average molecular weight is 541 g/mol. The molecule has 10 heteroatoms. The molecule has 2 unspecified atom stereocenters. The Bertz CT molecular complexity index is 1220. The molecule has 4 saturated carbocycles. The molecule has 3 atom stereocenters. The number of hydrogen-bond donors (Lipinski definition) is 2. The molecule has 4 bridgehead atoms. The molecule has 0 spiro atoms. The van der Waals surface area contributed by atoms with Crippen LogP contribution >= 0.6 is 0 Å². The smallest absolute Gasteiger partial charge is 0.270 e. The lowest BCUT2D eigenvalue weighted by Gasteiger charge is -2.58. The highest BCUT2D eigenvalue weighted by Gasteiger charge is 2.55. The Morgan fingerprint density at radius 3 is 2.46 bits per heavy atom. The van der Waals surface area contributed by atoms with Gasteiger partial charge in [0.1, 0.15) is 23.0 Å². The van der Waals surface area contributed by atoms with Crippen molar-refractivity contribution in [3.05, 3.63) is 47.3 Å². The monoisotopic (exact) mass is 540 g/mol. The number of halogens is 2. The van der Waals surface area contributed by atoms with E-state index < -0.39 is 17.2 Å². The number of benzene rings is 1. The minimum Gasteiger partial charge on any atom is -0.390 e. The summed E-state index contributed by atoms with van der Waals surface area (Å²) < 4.78 is 29.9. The third-order valence-electron chi connectivity index (χ3n) is 9.19. The van der Waals surface area contributed by atoms with Crippen molar-refractivity contribution in [2.45, 2.75) is 63.3 Å². The van der Waals surface area contributed by atoms with Gasteiger partial charge in [-0.05, 0) is 94.6 Å². The van der Waals surface area contributed by atoms with Crippen LogP contribution in [0, 0.1) is 29.4 Å². The summed E-state index contributed by atoms with van der Waals surface area (Å²) >= 11 is 0. The number of anilines is 2. The molecule has 4 aliphatic carbocycles. The molecule has 0 radical (unpaired) electrons. The van der Waals surface area contributed by atoms with Gasteiger partial charge >= 0.3 is 0 Å². The lowest BCUT2D eigenvalue weighted by atomic mass is 9.52. The zero-order chi connectivity index (χ0) is 27.5. The maximum absolute atomic E-state index is 15.0. The Kier molecular flexibility index (Phi) is 6.74. The fourth-order valence-electron chi connectivity index (χ4n) is 7.89. The number of rotatable bonds is 6. The fourth-order valence-corrected chi connectivity index (χ4v) is 7.89. The number of nitrogens with zero attached hydrogens (tertiary/aromatic N) is 5. The zero-order valence-electron chi connectivity index (χ0n) is 22.9. The normalized spacial score (nSPS) is 31.7. The van der Waals surface area contributed by atoms with Gasteiger partial charge in [0.05, 0.1) is 5.60 Å². The van der Waals surface area contributed by atoms with Gasteiger partial charge in [0.2, 0.25) is 5.95 Å². The molecule has 2 aromatic rings. The maximum atomic E-state index is 15.0. The summed E-state index contributed by atoms with van der Waals surface area (Å²) in [7, 11) is 3.72. The number of piperazine rings is 1. The first kappa shape index (κ1) is 26.4. The molecule has 1 saturated heterocycles. The van der Waals surface area contributed by atoms with Crippen LogP contribution in [0.2, 0.25) is 0 Å². The fraction of sp³-hybridized carbons (Fsp3) is 0.621. The lowest BCUT2D eigenvalue weighted by molar-refractivity contribution is -0.136. The number of aliphatic hydroxyl groups is 1. The number of carbonyl (C=O) groups is 1. The molecule has 1 aromatic heterocycles. The van der Waals surface area contributed by atoms with Crippen molar-refractivity contribution < 1.29 is 18.7 Å². The van der Waals surface area contributed by atoms with Gasteiger partial charge in [0, 0.05) is 44.5 Å². The molecule has 5 fully saturated rings. The van der Waals surface area contributed by atoms with E-state index in [-0.39, 0.29) is 23.7 Å². The number of amides is 1. The van der Waals surface area contributed by atoms with Crippen LogP contribution in [-0.4, -0.2) is 77.3 Å². The van der Waals surface area contributed by atoms with Gasteiger partial charge in [-0.2, -0.15) is 0 Å². The number of hydrogen-bond acceptors (Lipinski definition) is 7. The van der Waals surface area contributed by atoms with E-state index in [0.29, 0.717) is 61.1 Å². The van der Waals surface area contributed by atoms with Gasteiger partial charge in [0.15, 0.2) is 0 Å². The predicted molar refractivity (Wildman–Crippen MR) is 145 cm³/mol. The molecule has 7 rings (SSSR count). The first-order chi connectivity index (χ1) is 18.6. The van der Waals surface area contributed by atoms with Crippen LogP contribution in [0.5, 0.6) is 0 Å². The first-order valence-electron chi connectivity index (χ1n) is 14.1. The largest absolute Gasteiger partial charge is 0.390 e. The number of nitrogens with one attached hydrogen (secondary N) is 1. The summed E-state index contributed by atoms with van der Waals surface area (Å²) in [6, 6.07) is 4.39. The average Bonchev–Trinajstić information content (AvgIpc) is 2.84. The SMILES string of the molecule is C[C@@H]1CN(c2c(F)cc(CN(C)C)cc2F)CCN1c1nccc(C(=O)NC2C3CC4CC2CC(O)(C4)C3)n1. The van der Waals surface area contributed by atoms with Crippen molar-refractivity contribution in [2.24, 2.45) is 17.8 Å². The Hall–Kier alpha value is -2.85. The van der Waals surface area contributed by atoms with Crippen LogP contribution in [0.15, 0.2) is 24.4 Å². The van der Waals surface area contributed by atoms with E-state index in [2.05, 4.69) is 15.3 Å². The van der Waals surface area contributed by atoms with E-state index in [4.69, 9.17) is 0 Å². The zero-order valence-corrected chi connectivity index (χ0v) is 22.9. The first-order valence-corrected chi connectivity index (χ1v) is 14.1. The standard InChI is InChI=1S/C29H38F2N6O2/c1-17-15-36(26-22(30)10-19(11-23(26)31)16-35(2)3)6-7-37(17)28-32-5-4-24(33-28)27(38)34-25-20-8-18-9-21(25)14-29(39,12-18)13-20/h4-5,10-11,17-18,20-21,25,39H,6-9,12-16H2,1-3H3,(H,34,38)/t17-,18?,20?,21?,25?,29?/m1/s1. The highest BCUT2D eigenvalue weighted by Crippen LogP contribution is 2.55. The summed E-state index contributed by atoms with van der Waals surface area (Å²) in [6.45, 7) is 3.70. The van der Waals surface area contributed by atoms with E-state index in [1.807, 2.05) is 30.8 Å². The van der Waals surface area contributed by atoms with Crippen molar-refractivity contribution in [2.75, 3.05) is 43.5 Å². The third-order valence-corrected chi connectivity index (χ3v) is 9.19. The molecule has 8 nitrogen and oxygen atoms in total. The summed E-state index contributed by atoms with van der Waals surface area (Å²) in [5.74, 6) is 0.325. The second kappa shape index (κ2) is 9.96. The second-order valence-electron chi connectivity index (χ2n) is 12.6. The molecule has 5 aliphatic rings. The van der Waals surface area contributed by atoms with Crippen molar-refractivity contribution in [3.63, 3.8) is 0 Å². The van der Waals surface area contributed by atoms with E-state index >= 15 is 0 Å². The summed E-state index contributed by atoms with van der Waals surface area (Å²) in [5.41, 5.74) is 0.366. The van der Waals surface area contributed by atoms with Crippen LogP contribution in [0.1, 0.15) is 55.1 Å². The number of aromatic nitrogens is 2. The quantitative estimate of drug-likeness (QED) is 0.582. The summed E-state index contributed by atoms with van der Waals surface area (Å²) in [5, 5.41) is 14.1. The Morgan fingerprint density at radius 2 is 1.85 bits per heavy atom. The van der Waals surface area contributed by atoms with Gasteiger partial charge < -0.3 is 25.1 Å². The van der Waals surface area contributed by atoms with E-state index in [9.17, 15) is 18.7 Å². The minimum atomic E-state index is -0.556. The molecular weight excluding hydrogens is 502 g/mol. The van der Waals surface area contributed by atoms with Crippen LogP contribution < -0.4 is 15.1 Å². The summed E-state index contributed by atoms with van der Waals surface area (Å²) in [6.07, 6.45) is 6.17. The molecule has 2 N–H and O–H groups in total. The van der Waals surface area contributed by atoms with Gasteiger partial charge in [0.25, 0.3) is 5.91 Å². The van der Waals surface area contributed by atoms with Crippen molar-refractivity contribution in [3.8, 4) is 0 Å². The van der Waals surface area contributed by atoms with Crippen LogP contribution in [0.25, 0.3) is 0 Å². The Balaban J connectivity index is 1.12. The molecule has 1 amide bonds. The van der Waals surface area contributed by atoms with Crippen LogP contribution in [0.4, 0.5) is 20.4 Å². The maximum Gasteiger partial charge on any atom is 0.270 e. The van der Waals surface area contributed by atoms with Crippen molar-refractivity contribution in [1.82, 2.24) is 20.2 Å². The molecule has 2 heterocycles. The molecule has 1 aromatic carbocycles. The van der Waals surface area contributed by atoms with Gasteiger partial charge in [-0.3, -0.25) is 4.79 Å². The van der Waals surface area contributed by atoms with Gasteiger partial charge in [-0.25, -0.2) is 18.7 Å². The van der Waals surface area contributed by atoms with Gasteiger partial charge in [-0.1, -0.05) is 0 Å². The topological polar surface area (TPSA) is 84.8 Å². The van der Waals surface area contributed by atoms with E-state index in [1.54, 1.807) is 17.2 Å².